The Morgan fingerprint density at radius 3 is 2.56 bits per heavy atom. The highest BCUT2D eigenvalue weighted by atomic mass is 14.6. The number of rotatable bonds is 2. The largest absolute Gasteiger partial charge is 0.324 e. The highest BCUT2D eigenvalue weighted by Gasteiger charge is 2.23. The molecule has 0 saturated heterocycles. The van der Waals surface area contributed by atoms with Gasteiger partial charge in [-0.3, -0.25) is 0 Å². The average Bonchev–Trinajstić information content (AvgIpc) is 2.52. The summed E-state index contributed by atoms with van der Waals surface area (Å²) in [5.41, 5.74) is 10.7. The summed E-state index contributed by atoms with van der Waals surface area (Å²) >= 11 is 0. The van der Waals surface area contributed by atoms with Crippen LogP contribution in [0.4, 0.5) is 0 Å². The summed E-state index contributed by atoms with van der Waals surface area (Å²) in [5, 5.41) is 0. The van der Waals surface area contributed by atoms with E-state index in [1.807, 2.05) is 0 Å². The zero-order valence-electron chi connectivity index (χ0n) is 11.1. The van der Waals surface area contributed by atoms with Gasteiger partial charge in [-0.25, -0.2) is 0 Å². The number of allylic oxidation sites excluding steroid dienone is 1. The molecule has 2 aliphatic carbocycles. The average molecular weight is 241 g/mol. The van der Waals surface area contributed by atoms with E-state index in [0.29, 0.717) is 0 Å². The van der Waals surface area contributed by atoms with Gasteiger partial charge in [-0.2, -0.15) is 0 Å². The van der Waals surface area contributed by atoms with Crippen LogP contribution in [0.2, 0.25) is 0 Å². The number of hydrogen-bond donors (Lipinski definition) is 1. The molecule has 0 aromatic heterocycles. The predicted molar refractivity (Wildman–Crippen MR) is 77.5 cm³/mol. The Hall–Kier alpha value is -1.08. The van der Waals surface area contributed by atoms with Crippen LogP contribution in [-0.2, 0) is 0 Å². The normalized spacial score (nSPS) is 25.2. The monoisotopic (exact) mass is 241 g/mol. The van der Waals surface area contributed by atoms with Gasteiger partial charge in [0, 0.05) is 6.04 Å². The zero-order chi connectivity index (χ0) is 12.4. The molecule has 1 saturated carbocycles. The number of hydrogen-bond acceptors (Lipinski definition) is 1. The van der Waals surface area contributed by atoms with Gasteiger partial charge in [0.2, 0.25) is 0 Å². The fourth-order valence-corrected chi connectivity index (χ4v) is 3.21. The number of nitrogens with two attached hydrogens (primary N) is 1. The zero-order valence-corrected chi connectivity index (χ0v) is 11.1. The Labute approximate surface area is 110 Å². The molecule has 1 aromatic carbocycles. The number of benzene rings is 1. The minimum Gasteiger partial charge on any atom is -0.324 e. The molecule has 0 radical (unpaired) electrons. The standard InChI is InChI=1S/C17H23N/c18-15-9-2-1-6-14(12-15)17-11-4-3-10-16(17)13-7-5-8-13/h3-4,10-13,15H,1-2,5-9,18H2. The second kappa shape index (κ2) is 5.27. The molecule has 0 spiro atoms. The third kappa shape index (κ3) is 2.37. The molecule has 96 valence electrons. The molecule has 0 amide bonds. The molecule has 1 aromatic rings. The van der Waals surface area contributed by atoms with E-state index in [9.17, 15) is 0 Å². The maximum atomic E-state index is 6.16. The SMILES string of the molecule is NC1C=C(c2ccccc2C2CCC2)CCCC1. The van der Waals surface area contributed by atoms with Crippen molar-refractivity contribution in [1.29, 1.82) is 0 Å². The van der Waals surface area contributed by atoms with E-state index in [0.717, 1.165) is 12.3 Å². The lowest BCUT2D eigenvalue weighted by atomic mass is 9.76. The molecule has 2 N–H and O–H groups in total. The Kier molecular flexibility index (Phi) is 3.51. The smallest absolute Gasteiger partial charge is 0.0229 e. The van der Waals surface area contributed by atoms with E-state index in [1.165, 1.54) is 49.7 Å². The second-order valence-corrected chi connectivity index (χ2v) is 5.82. The summed E-state index contributed by atoms with van der Waals surface area (Å²) < 4.78 is 0. The van der Waals surface area contributed by atoms with E-state index < -0.39 is 0 Å². The van der Waals surface area contributed by atoms with Gasteiger partial charge < -0.3 is 5.73 Å². The highest BCUT2D eigenvalue weighted by molar-refractivity contribution is 5.69. The molecule has 1 fully saturated rings. The van der Waals surface area contributed by atoms with Crippen LogP contribution >= 0.6 is 0 Å². The van der Waals surface area contributed by atoms with E-state index in [1.54, 1.807) is 5.56 Å². The maximum Gasteiger partial charge on any atom is 0.0229 e. The highest BCUT2D eigenvalue weighted by Crippen LogP contribution is 2.40. The van der Waals surface area contributed by atoms with Crippen LogP contribution in [0.15, 0.2) is 30.3 Å². The van der Waals surface area contributed by atoms with Crippen molar-refractivity contribution in [3.05, 3.63) is 41.5 Å². The maximum absolute atomic E-state index is 6.16. The Bertz CT molecular complexity index is 443. The lowest BCUT2D eigenvalue weighted by Gasteiger charge is -2.28. The van der Waals surface area contributed by atoms with E-state index in [-0.39, 0.29) is 6.04 Å². The predicted octanol–water partition coefficient (Wildman–Crippen LogP) is 4.24. The first-order valence-corrected chi connectivity index (χ1v) is 7.40. The Morgan fingerprint density at radius 2 is 1.78 bits per heavy atom. The van der Waals surface area contributed by atoms with E-state index in [2.05, 4.69) is 30.3 Å². The van der Waals surface area contributed by atoms with Crippen LogP contribution < -0.4 is 5.73 Å². The summed E-state index contributed by atoms with van der Waals surface area (Å²) in [4.78, 5) is 0. The van der Waals surface area contributed by atoms with Gasteiger partial charge in [-0.1, -0.05) is 43.2 Å². The van der Waals surface area contributed by atoms with Gasteiger partial charge in [-0.05, 0) is 54.7 Å². The van der Waals surface area contributed by atoms with Crippen LogP contribution in [0.1, 0.15) is 62.0 Å². The topological polar surface area (TPSA) is 26.0 Å². The van der Waals surface area contributed by atoms with Crippen LogP contribution in [0.5, 0.6) is 0 Å². The molecule has 1 unspecified atom stereocenters. The molecule has 1 atom stereocenters. The lowest BCUT2D eigenvalue weighted by Crippen LogP contribution is -2.16. The van der Waals surface area contributed by atoms with E-state index in [4.69, 9.17) is 5.73 Å². The van der Waals surface area contributed by atoms with Crippen LogP contribution in [0.25, 0.3) is 5.57 Å². The summed E-state index contributed by atoms with van der Waals surface area (Å²) in [6.45, 7) is 0. The van der Waals surface area contributed by atoms with Gasteiger partial charge in [0.25, 0.3) is 0 Å². The lowest BCUT2D eigenvalue weighted by molar-refractivity contribution is 0.419. The molecular weight excluding hydrogens is 218 g/mol. The summed E-state index contributed by atoms with van der Waals surface area (Å²) in [7, 11) is 0. The van der Waals surface area contributed by atoms with Crippen molar-refractivity contribution in [2.45, 2.75) is 56.9 Å². The van der Waals surface area contributed by atoms with Gasteiger partial charge in [-0.15, -0.1) is 0 Å². The van der Waals surface area contributed by atoms with Gasteiger partial charge in [0.15, 0.2) is 0 Å². The summed E-state index contributed by atoms with van der Waals surface area (Å²) in [6.07, 6.45) is 11.4. The summed E-state index contributed by atoms with van der Waals surface area (Å²) in [5.74, 6) is 0.807. The van der Waals surface area contributed by atoms with Crippen molar-refractivity contribution in [3.63, 3.8) is 0 Å². The molecule has 0 aliphatic heterocycles. The van der Waals surface area contributed by atoms with Crippen molar-refractivity contribution in [2.24, 2.45) is 5.73 Å². The van der Waals surface area contributed by atoms with Crippen molar-refractivity contribution < 1.29 is 0 Å². The minimum atomic E-state index is 0.261. The van der Waals surface area contributed by atoms with Crippen molar-refractivity contribution in [2.75, 3.05) is 0 Å². The van der Waals surface area contributed by atoms with Gasteiger partial charge >= 0.3 is 0 Å². The van der Waals surface area contributed by atoms with Crippen LogP contribution in [-0.4, -0.2) is 6.04 Å². The molecule has 0 bridgehead atoms. The molecule has 18 heavy (non-hydrogen) atoms. The molecule has 0 heterocycles. The van der Waals surface area contributed by atoms with Gasteiger partial charge in [0.1, 0.15) is 0 Å². The summed E-state index contributed by atoms with van der Waals surface area (Å²) in [6, 6.07) is 9.26. The third-order valence-electron chi connectivity index (χ3n) is 4.50. The fourth-order valence-electron chi connectivity index (χ4n) is 3.21. The van der Waals surface area contributed by atoms with Crippen molar-refractivity contribution >= 4 is 5.57 Å². The first-order valence-electron chi connectivity index (χ1n) is 7.40. The Balaban J connectivity index is 1.94. The molecular formula is C17H23N. The molecule has 3 rings (SSSR count). The second-order valence-electron chi connectivity index (χ2n) is 5.82. The van der Waals surface area contributed by atoms with Crippen LogP contribution in [0, 0.1) is 0 Å². The first kappa shape index (κ1) is 12.0. The third-order valence-corrected chi connectivity index (χ3v) is 4.50. The minimum absolute atomic E-state index is 0.261. The van der Waals surface area contributed by atoms with Crippen LogP contribution in [0.3, 0.4) is 0 Å². The van der Waals surface area contributed by atoms with Crippen molar-refractivity contribution in [1.82, 2.24) is 0 Å². The quantitative estimate of drug-likeness (QED) is 0.823. The van der Waals surface area contributed by atoms with Crippen molar-refractivity contribution in [3.8, 4) is 0 Å². The van der Waals surface area contributed by atoms with Gasteiger partial charge in [0.05, 0.1) is 0 Å². The Morgan fingerprint density at radius 1 is 0.944 bits per heavy atom. The first-order chi connectivity index (χ1) is 8.84. The fraction of sp³-hybridized carbons (Fsp3) is 0.529. The molecule has 2 aliphatic rings. The van der Waals surface area contributed by atoms with E-state index >= 15 is 0 Å². The molecule has 1 heteroatoms. The molecule has 1 nitrogen and oxygen atoms in total.